The summed E-state index contributed by atoms with van der Waals surface area (Å²) in [5, 5.41) is 12.2. The molecule has 3 N–H and O–H groups in total. The molecule has 2 aliphatic rings. The fourth-order valence-corrected chi connectivity index (χ4v) is 6.44. The highest BCUT2D eigenvalue weighted by Gasteiger charge is 2.43. The molecule has 0 radical (unpaired) electrons. The molecular weight excluding hydrogens is 563 g/mol. The van der Waals surface area contributed by atoms with Gasteiger partial charge in [-0.3, -0.25) is 9.88 Å². The van der Waals surface area contributed by atoms with E-state index in [1.807, 2.05) is 29.2 Å². The van der Waals surface area contributed by atoms with Gasteiger partial charge in [-0.25, -0.2) is 14.2 Å². The van der Waals surface area contributed by atoms with Crippen LogP contribution >= 0.6 is 11.6 Å². The molecule has 1 amide bonds. The first-order valence-electron chi connectivity index (χ1n) is 13.6. The molecular formula is C29H26ClFN8O3. The molecule has 0 spiro atoms. The van der Waals surface area contributed by atoms with Gasteiger partial charge < -0.3 is 25.0 Å². The number of piperazine rings is 1. The van der Waals surface area contributed by atoms with Crippen molar-refractivity contribution in [2.75, 3.05) is 30.3 Å². The van der Waals surface area contributed by atoms with Crippen molar-refractivity contribution in [3.05, 3.63) is 65.8 Å². The number of nitrogens with zero attached hydrogens (tertiary/aromatic N) is 7. The molecule has 5 aromatic rings. The molecule has 2 aromatic carbocycles. The number of pyridine rings is 1. The number of nitrogen functional groups attached to an aromatic ring is 1. The number of hydrogen-bond acceptors (Lipinski definition) is 8. The van der Waals surface area contributed by atoms with Gasteiger partial charge in [0.15, 0.2) is 11.8 Å². The Kier molecular flexibility index (Phi) is 6.42. The van der Waals surface area contributed by atoms with Crippen molar-refractivity contribution in [3.8, 4) is 17.3 Å². The minimum atomic E-state index is -0.927. The smallest absolute Gasteiger partial charge is 0.407 e. The van der Waals surface area contributed by atoms with E-state index >= 15 is 4.39 Å². The van der Waals surface area contributed by atoms with Crippen LogP contribution in [0.5, 0.6) is 6.01 Å². The fraction of sp³-hybridized carbons (Fsp3) is 0.276. The second-order valence-corrected chi connectivity index (χ2v) is 10.9. The Morgan fingerprint density at radius 2 is 1.88 bits per heavy atom. The van der Waals surface area contributed by atoms with E-state index in [1.54, 1.807) is 35.3 Å². The lowest BCUT2D eigenvalue weighted by molar-refractivity contribution is 0.114. The van der Waals surface area contributed by atoms with E-state index in [4.69, 9.17) is 22.1 Å². The molecule has 2 bridgehead atoms. The maximum Gasteiger partial charge on any atom is 0.407 e. The summed E-state index contributed by atoms with van der Waals surface area (Å²) in [4.78, 5) is 33.1. The number of anilines is 2. The zero-order chi connectivity index (χ0) is 29.0. The van der Waals surface area contributed by atoms with Crippen LogP contribution in [0.3, 0.4) is 0 Å². The second-order valence-electron chi connectivity index (χ2n) is 10.5. The Bertz CT molecular complexity index is 1830. The third-order valence-electron chi connectivity index (χ3n) is 8.07. The Labute approximate surface area is 244 Å². The lowest BCUT2D eigenvalue weighted by Gasteiger charge is -2.40. The fourth-order valence-electron chi connectivity index (χ4n) is 6.16. The highest BCUT2D eigenvalue weighted by Crippen LogP contribution is 2.39. The van der Waals surface area contributed by atoms with Crippen molar-refractivity contribution in [1.82, 2.24) is 29.4 Å². The topological polar surface area (TPSA) is 136 Å². The number of aromatic nitrogens is 5. The number of imidazole rings is 1. The first-order chi connectivity index (χ1) is 20.4. The van der Waals surface area contributed by atoms with Crippen LogP contribution in [-0.2, 0) is 6.54 Å². The first-order valence-corrected chi connectivity index (χ1v) is 14.0. The number of carboxylic acid groups (broad SMARTS) is 1. The number of ether oxygens (including phenoxy) is 1. The summed E-state index contributed by atoms with van der Waals surface area (Å²) in [5.74, 6) is 0.174. The van der Waals surface area contributed by atoms with Crippen molar-refractivity contribution in [2.45, 2.75) is 31.5 Å². The van der Waals surface area contributed by atoms with Gasteiger partial charge in [-0.2, -0.15) is 9.97 Å². The standard InChI is InChI=1S/C29H26ClFN8O3/c30-21-6-2-4-16-3-1-5-19(22(16)21)24-23(31)25-20(13-34-24)26(38-14-17-7-8-18(15-38)39(17)29(40)41)36-28(35-25)42-12-11-37-10-9-33-27(37)32/h1-6,9-10,13,17-18H,7-8,11-12,14-15H2,(H2,32,33)(H,40,41). The van der Waals surface area contributed by atoms with Crippen LogP contribution < -0.4 is 15.4 Å². The van der Waals surface area contributed by atoms with E-state index in [0.717, 1.165) is 18.2 Å². The van der Waals surface area contributed by atoms with Crippen LogP contribution in [0.2, 0.25) is 5.02 Å². The number of hydrogen-bond donors (Lipinski definition) is 2. The van der Waals surface area contributed by atoms with Gasteiger partial charge in [0.25, 0.3) is 0 Å². The van der Waals surface area contributed by atoms with E-state index in [-0.39, 0.29) is 35.9 Å². The quantitative estimate of drug-likeness (QED) is 0.286. The van der Waals surface area contributed by atoms with E-state index in [1.165, 1.54) is 4.90 Å². The maximum atomic E-state index is 16.5. The highest BCUT2D eigenvalue weighted by molar-refractivity contribution is 6.36. The Morgan fingerprint density at radius 1 is 1.12 bits per heavy atom. The predicted molar refractivity (Wildman–Crippen MR) is 156 cm³/mol. The summed E-state index contributed by atoms with van der Waals surface area (Å²) >= 11 is 6.55. The minimum Gasteiger partial charge on any atom is -0.465 e. The van der Waals surface area contributed by atoms with Crippen LogP contribution in [0.25, 0.3) is 32.9 Å². The number of benzene rings is 2. The molecule has 2 atom stereocenters. The van der Waals surface area contributed by atoms with Crippen LogP contribution in [0.15, 0.2) is 55.0 Å². The van der Waals surface area contributed by atoms with Crippen molar-refractivity contribution < 1.29 is 19.0 Å². The zero-order valence-electron chi connectivity index (χ0n) is 22.3. The van der Waals surface area contributed by atoms with Crippen molar-refractivity contribution in [3.63, 3.8) is 0 Å². The van der Waals surface area contributed by atoms with Gasteiger partial charge in [-0.15, -0.1) is 0 Å². The van der Waals surface area contributed by atoms with Crippen LogP contribution in [-0.4, -0.2) is 72.4 Å². The average molecular weight is 589 g/mol. The molecule has 2 aliphatic heterocycles. The SMILES string of the molecule is Nc1nccn1CCOc1nc(N2CC3CCC(C2)N3C(=O)O)c2cnc(-c3cccc4cccc(Cl)c34)c(F)c2n1. The minimum absolute atomic E-state index is 0.00352. The largest absolute Gasteiger partial charge is 0.465 e. The molecule has 2 fully saturated rings. The maximum absolute atomic E-state index is 16.5. The molecule has 0 aliphatic carbocycles. The molecule has 2 unspecified atom stereocenters. The Balaban J connectivity index is 1.33. The van der Waals surface area contributed by atoms with E-state index in [0.29, 0.717) is 52.8 Å². The lowest BCUT2D eigenvalue weighted by atomic mass is 10.0. The summed E-state index contributed by atoms with van der Waals surface area (Å²) in [5.41, 5.74) is 6.58. The third-order valence-corrected chi connectivity index (χ3v) is 8.38. The zero-order valence-corrected chi connectivity index (χ0v) is 23.1. The van der Waals surface area contributed by atoms with Crippen LogP contribution in [0, 0.1) is 5.82 Å². The van der Waals surface area contributed by atoms with Gasteiger partial charge in [0, 0.05) is 47.7 Å². The van der Waals surface area contributed by atoms with Crippen LogP contribution in [0.1, 0.15) is 12.8 Å². The first kappa shape index (κ1) is 26.2. The molecule has 11 nitrogen and oxygen atoms in total. The van der Waals surface area contributed by atoms with E-state index in [9.17, 15) is 9.90 Å². The molecule has 2 saturated heterocycles. The second kappa shape index (κ2) is 10.3. The van der Waals surface area contributed by atoms with Gasteiger partial charge in [0.1, 0.15) is 23.6 Å². The van der Waals surface area contributed by atoms with Crippen LogP contribution in [0.4, 0.5) is 21.0 Å². The van der Waals surface area contributed by atoms with Crippen molar-refractivity contribution in [2.24, 2.45) is 0 Å². The molecule has 5 heterocycles. The molecule has 7 rings (SSSR count). The normalized spacial score (nSPS) is 18.2. The monoisotopic (exact) mass is 588 g/mol. The average Bonchev–Trinajstić information content (AvgIpc) is 3.51. The molecule has 214 valence electrons. The van der Waals surface area contributed by atoms with E-state index < -0.39 is 11.9 Å². The summed E-state index contributed by atoms with van der Waals surface area (Å²) < 4.78 is 24.1. The number of carbonyl (C=O) groups is 1. The molecule has 13 heteroatoms. The Morgan fingerprint density at radius 3 is 2.60 bits per heavy atom. The van der Waals surface area contributed by atoms with Gasteiger partial charge >= 0.3 is 12.1 Å². The lowest BCUT2D eigenvalue weighted by Crippen LogP contribution is -2.55. The van der Waals surface area contributed by atoms with Gasteiger partial charge in [-0.1, -0.05) is 41.9 Å². The number of nitrogens with two attached hydrogens (primary N) is 1. The van der Waals surface area contributed by atoms with Crippen molar-refractivity contribution >= 4 is 51.1 Å². The summed E-state index contributed by atoms with van der Waals surface area (Å²) in [7, 11) is 0. The summed E-state index contributed by atoms with van der Waals surface area (Å²) in [6.45, 7) is 1.40. The number of amides is 1. The number of fused-ring (bicyclic) bond motifs is 4. The Hall–Kier alpha value is -4.71. The summed E-state index contributed by atoms with van der Waals surface area (Å²) in [6.07, 6.45) is 5.48. The predicted octanol–water partition coefficient (Wildman–Crippen LogP) is 4.83. The van der Waals surface area contributed by atoms with Gasteiger partial charge in [0.2, 0.25) is 0 Å². The highest BCUT2D eigenvalue weighted by atomic mass is 35.5. The number of halogens is 2. The van der Waals surface area contributed by atoms with Crippen molar-refractivity contribution in [1.29, 1.82) is 0 Å². The van der Waals surface area contributed by atoms with Gasteiger partial charge in [0.05, 0.1) is 24.0 Å². The summed E-state index contributed by atoms with van der Waals surface area (Å²) in [6, 6.07) is 10.7. The molecule has 3 aromatic heterocycles. The third kappa shape index (κ3) is 4.38. The number of rotatable bonds is 6. The van der Waals surface area contributed by atoms with E-state index in [2.05, 4.69) is 19.9 Å². The molecule has 42 heavy (non-hydrogen) atoms. The van der Waals surface area contributed by atoms with Gasteiger partial charge in [-0.05, 0) is 24.3 Å². The molecule has 0 saturated carbocycles.